The van der Waals surface area contributed by atoms with Crippen molar-refractivity contribution in [2.45, 2.75) is 12.6 Å². The maximum Gasteiger partial charge on any atom is 0.137 e. The second kappa shape index (κ2) is 4.55. The minimum atomic E-state index is 0.566. The highest BCUT2D eigenvalue weighted by atomic mass is 15.3. The van der Waals surface area contributed by atoms with Crippen LogP contribution >= 0.6 is 0 Å². The van der Waals surface area contributed by atoms with Crippen LogP contribution in [0.2, 0.25) is 0 Å². The largest absolute Gasteiger partial charge is 0.380 e. The predicted octanol–water partition coefficient (Wildman–Crippen LogP) is 0.710. The van der Waals surface area contributed by atoms with E-state index in [1.807, 2.05) is 4.68 Å². The maximum absolute atomic E-state index is 4.10. The van der Waals surface area contributed by atoms with E-state index >= 15 is 0 Å². The lowest BCUT2D eigenvalue weighted by Gasteiger charge is -2.29. The second-order valence-electron chi connectivity index (χ2n) is 4.29. The van der Waals surface area contributed by atoms with Crippen molar-refractivity contribution in [3.63, 3.8) is 0 Å². The van der Waals surface area contributed by atoms with E-state index in [4.69, 9.17) is 0 Å². The van der Waals surface area contributed by atoms with Crippen molar-refractivity contribution in [2.24, 2.45) is 0 Å². The molecule has 0 radical (unpaired) electrons. The van der Waals surface area contributed by atoms with Gasteiger partial charge in [0.2, 0.25) is 0 Å². The quantitative estimate of drug-likeness (QED) is 0.810. The monoisotopic (exact) mass is 229 g/mol. The number of hydrogen-bond donors (Lipinski definition) is 2. The molecule has 2 N–H and O–H groups in total. The molecule has 0 saturated carbocycles. The summed E-state index contributed by atoms with van der Waals surface area (Å²) in [5.41, 5.74) is 2.40. The lowest BCUT2D eigenvalue weighted by atomic mass is 10.1. The van der Waals surface area contributed by atoms with Crippen LogP contribution in [0.5, 0.6) is 0 Å². The number of anilines is 1. The average Bonchev–Trinajstić information content (AvgIpc) is 2.77. The number of rotatable bonds is 4. The minimum Gasteiger partial charge on any atom is -0.380 e. The summed E-state index contributed by atoms with van der Waals surface area (Å²) < 4.78 is 1.82. The Morgan fingerprint density at radius 1 is 1.41 bits per heavy atom. The Kier molecular flexibility index (Phi) is 2.75. The molecule has 1 aliphatic rings. The molecule has 88 valence electrons. The first-order chi connectivity index (χ1) is 8.40. The van der Waals surface area contributed by atoms with Gasteiger partial charge in [-0.25, -0.2) is 9.67 Å². The lowest BCUT2D eigenvalue weighted by Crippen LogP contribution is -2.51. The molecular weight excluding hydrogens is 214 g/mol. The van der Waals surface area contributed by atoms with Gasteiger partial charge in [0, 0.05) is 18.8 Å². The summed E-state index contributed by atoms with van der Waals surface area (Å²) in [4.78, 5) is 3.94. The zero-order valence-corrected chi connectivity index (χ0v) is 9.50. The van der Waals surface area contributed by atoms with Crippen molar-refractivity contribution in [1.29, 1.82) is 0 Å². The standard InChI is InChI=1S/C12H15N5/c1-2-10(7-17-9-14-8-15-17)4-11(3-1)16-12-5-13-6-12/h1-4,8-9,12-13,16H,5-7H2. The Morgan fingerprint density at radius 2 is 2.35 bits per heavy atom. The minimum absolute atomic E-state index is 0.566. The molecule has 1 aliphatic heterocycles. The van der Waals surface area contributed by atoms with Gasteiger partial charge in [-0.1, -0.05) is 12.1 Å². The Morgan fingerprint density at radius 3 is 3.06 bits per heavy atom. The number of aromatic nitrogens is 3. The predicted molar refractivity (Wildman–Crippen MR) is 65.8 cm³/mol. The van der Waals surface area contributed by atoms with Crippen LogP contribution in [-0.2, 0) is 6.54 Å². The Balaban J connectivity index is 1.69. The van der Waals surface area contributed by atoms with Gasteiger partial charge in [0.25, 0.3) is 0 Å². The Hall–Kier alpha value is -1.88. The van der Waals surface area contributed by atoms with Gasteiger partial charge in [0.1, 0.15) is 12.7 Å². The average molecular weight is 229 g/mol. The fourth-order valence-corrected chi connectivity index (χ4v) is 1.89. The van der Waals surface area contributed by atoms with Gasteiger partial charge in [0.05, 0.1) is 12.6 Å². The van der Waals surface area contributed by atoms with E-state index < -0.39 is 0 Å². The highest BCUT2D eigenvalue weighted by Crippen LogP contribution is 2.13. The van der Waals surface area contributed by atoms with E-state index in [1.165, 1.54) is 11.3 Å². The second-order valence-corrected chi connectivity index (χ2v) is 4.29. The van der Waals surface area contributed by atoms with Crippen LogP contribution in [-0.4, -0.2) is 33.9 Å². The maximum atomic E-state index is 4.10. The van der Waals surface area contributed by atoms with E-state index in [9.17, 15) is 0 Å². The van der Waals surface area contributed by atoms with Crippen molar-refractivity contribution in [1.82, 2.24) is 20.1 Å². The van der Waals surface area contributed by atoms with Gasteiger partial charge >= 0.3 is 0 Å². The molecule has 5 heteroatoms. The van der Waals surface area contributed by atoms with Gasteiger partial charge in [-0.15, -0.1) is 0 Å². The molecule has 1 saturated heterocycles. The summed E-state index contributed by atoms with van der Waals surface area (Å²) in [6.45, 7) is 2.86. The number of hydrogen-bond acceptors (Lipinski definition) is 4. The number of benzene rings is 1. The number of nitrogens with zero attached hydrogens (tertiary/aromatic N) is 3. The van der Waals surface area contributed by atoms with Crippen molar-refractivity contribution in [3.8, 4) is 0 Å². The van der Waals surface area contributed by atoms with E-state index in [0.29, 0.717) is 6.04 Å². The third-order valence-corrected chi connectivity index (χ3v) is 2.89. The highest BCUT2D eigenvalue weighted by Gasteiger charge is 2.15. The molecule has 3 rings (SSSR count). The van der Waals surface area contributed by atoms with E-state index in [0.717, 1.165) is 19.6 Å². The topological polar surface area (TPSA) is 54.8 Å². The van der Waals surface area contributed by atoms with Crippen LogP contribution in [0.3, 0.4) is 0 Å². The third kappa shape index (κ3) is 2.45. The molecule has 1 aromatic heterocycles. The summed E-state index contributed by atoms with van der Waals surface area (Å²) in [6, 6.07) is 9.01. The Labute approximate surface area is 99.9 Å². The molecule has 0 atom stereocenters. The first-order valence-corrected chi connectivity index (χ1v) is 5.79. The zero-order chi connectivity index (χ0) is 11.5. The normalized spacial score (nSPS) is 15.5. The smallest absolute Gasteiger partial charge is 0.137 e. The van der Waals surface area contributed by atoms with Gasteiger partial charge in [-0.3, -0.25) is 0 Å². The molecule has 0 spiro atoms. The van der Waals surface area contributed by atoms with E-state index in [1.54, 1.807) is 12.7 Å². The summed E-state index contributed by atoms with van der Waals surface area (Å²) in [5.74, 6) is 0. The SMILES string of the molecule is c1cc(Cn2cncn2)cc(NC2CNC2)c1. The van der Waals surface area contributed by atoms with Crippen LogP contribution in [0, 0.1) is 0 Å². The van der Waals surface area contributed by atoms with Gasteiger partial charge < -0.3 is 10.6 Å². The summed E-state index contributed by atoms with van der Waals surface area (Å²) in [7, 11) is 0. The molecule has 5 nitrogen and oxygen atoms in total. The summed E-state index contributed by atoms with van der Waals surface area (Å²) in [5, 5.41) is 10.8. The molecule has 17 heavy (non-hydrogen) atoms. The summed E-state index contributed by atoms with van der Waals surface area (Å²) in [6.07, 6.45) is 3.29. The fraction of sp³-hybridized carbons (Fsp3) is 0.333. The number of nitrogens with one attached hydrogen (secondary N) is 2. The zero-order valence-electron chi connectivity index (χ0n) is 9.50. The van der Waals surface area contributed by atoms with Crippen molar-refractivity contribution in [3.05, 3.63) is 42.5 Å². The van der Waals surface area contributed by atoms with Crippen LogP contribution in [0.4, 0.5) is 5.69 Å². The Bertz CT molecular complexity index is 475. The fourth-order valence-electron chi connectivity index (χ4n) is 1.89. The van der Waals surface area contributed by atoms with Crippen LogP contribution in [0.15, 0.2) is 36.9 Å². The third-order valence-electron chi connectivity index (χ3n) is 2.89. The molecule has 1 fully saturated rings. The molecule has 1 aromatic carbocycles. The molecule has 0 bridgehead atoms. The van der Waals surface area contributed by atoms with Crippen LogP contribution in [0.25, 0.3) is 0 Å². The van der Waals surface area contributed by atoms with Crippen molar-refractivity contribution >= 4 is 5.69 Å². The molecular formula is C12H15N5. The molecule has 0 aliphatic carbocycles. The highest BCUT2D eigenvalue weighted by molar-refractivity contribution is 5.47. The van der Waals surface area contributed by atoms with Crippen LogP contribution < -0.4 is 10.6 Å². The lowest BCUT2D eigenvalue weighted by molar-refractivity contribution is 0.472. The van der Waals surface area contributed by atoms with Crippen molar-refractivity contribution < 1.29 is 0 Å². The van der Waals surface area contributed by atoms with Gasteiger partial charge in [-0.2, -0.15) is 5.10 Å². The van der Waals surface area contributed by atoms with Gasteiger partial charge in [-0.05, 0) is 17.7 Å². The first kappa shape index (κ1) is 10.3. The summed E-state index contributed by atoms with van der Waals surface area (Å²) >= 11 is 0. The van der Waals surface area contributed by atoms with E-state index in [2.05, 4.69) is 45.0 Å². The molecule has 0 amide bonds. The van der Waals surface area contributed by atoms with Crippen molar-refractivity contribution in [2.75, 3.05) is 18.4 Å². The molecule has 2 aromatic rings. The van der Waals surface area contributed by atoms with E-state index in [-0.39, 0.29) is 0 Å². The van der Waals surface area contributed by atoms with Gasteiger partial charge in [0.15, 0.2) is 0 Å². The molecule has 0 unspecified atom stereocenters. The van der Waals surface area contributed by atoms with Crippen LogP contribution in [0.1, 0.15) is 5.56 Å². The first-order valence-electron chi connectivity index (χ1n) is 5.79. The molecule has 2 heterocycles.